The molecule has 1 saturated carbocycles. The molecule has 3 rings (SSSR count). The Kier molecular flexibility index (Phi) is 3.11. The number of hydrogen-bond donors (Lipinski definition) is 0. The lowest BCUT2D eigenvalue weighted by Crippen LogP contribution is -2.19. The highest BCUT2D eigenvalue weighted by Crippen LogP contribution is 2.46. The van der Waals surface area contributed by atoms with Crippen molar-refractivity contribution in [2.75, 3.05) is 7.11 Å². The van der Waals surface area contributed by atoms with Crippen LogP contribution in [0.2, 0.25) is 0 Å². The van der Waals surface area contributed by atoms with Gasteiger partial charge in [0.25, 0.3) is 0 Å². The van der Waals surface area contributed by atoms with Gasteiger partial charge >= 0.3 is 0 Å². The van der Waals surface area contributed by atoms with Crippen molar-refractivity contribution in [1.29, 1.82) is 0 Å². The van der Waals surface area contributed by atoms with E-state index in [1.54, 1.807) is 13.2 Å². The summed E-state index contributed by atoms with van der Waals surface area (Å²) in [6, 6.07) is 5.89. The van der Waals surface area contributed by atoms with Gasteiger partial charge in [0.05, 0.1) is 12.6 Å². The molecular weight excluding hydrogens is 254 g/mol. The normalized spacial score (nSPS) is 17.1. The molecule has 0 atom stereocenters. The Morgan fingerprint density at radius 1 is 1.35 bits per heavy atom. The van der Waals surface area contributed by atoms with Crippen molar-refractivity contribution in [2.24, 2.45) is 4.99 Å². The molecule has 0 N–H and O–H groups in total. The van der Waals surface area contributed by atoms with Gasteiger partial charge < -0.3 is 9.15 Å². The van der Waals surface area contributed by atoms with E-state index < -0.39 is 5.54 Å². The zero-order valence-electron chi connectivity index (χ0n) is 11.7. The van der Waals surface area contributed by atoms with Gasteiger partial charge in [-0.1, -0.05) is 18.9 Å². The maximum absolute atomic E-state index is 10.9. The number of methoxy groups -OCH3 is 1. The number of furan rings is 1. The summed E-state index contributed by atoms with van der Waals surface area (Å²) >= 11 is 0. The van der Waals surface area contributed by atoms with Crippen molar-refractivity contribution in [3.05, 3.63) is 29.5 Å². The Hall–Kier alpha value is -2.06. The summed E-state index contributed by atoms with van der Waals surface area (Å²) in [6.07, 6.45) is 5.69. The molecule has 1 aromatic heterocycles. The molecule has 1 aromatic carbocycles. The second-order valence-corrected chi connectivity index (χ2v) is 5.36. The van der Waals surface area contributed by atoms with E-state index in [2.05, 4.69) is 4.99 Å². The molecule has 0 unspecified atom stereocenters. The van der Waals surface area contributed by atoms with Gasteiger partial charge in [-0.3, -0.25) is 0 Å². The van der Waals surface area contributed by atoms with Crippen LogP contribution in [0.15, 0.2) is 27.6 Å². The van der Waals surface area contributed by atoms with Crippen LogP contribution in [-0.2, 0) is 10.3 Å². The fourth-order valence-electron chi connectivity index (χ4n) is 3.28. The van der Waals surface area contributed by atoms with E-state index in [0.29, 0.717) is 5.75 Å². The maximum atomic E-state index is 10.9. The standard InChI is InChI=1S/C16H17NO3/c1-11-9-12-13(5-6-14(19-2)15(12)20-11)16(17-10-18)7-3-4-8-16/h5-6,9H,3-4,7-8H2,1-2H3. The van der Waals surface area contributed by atoms with E-state index >= 15 is 0 Å². The molecule has 1 fully saturated rings. The number of nitrogens with zero attached hydrogens (tertiary/aromatic N) is 1. The minimum atomic E-state index is -0.442. The van der Waals surface area contributed by atoms with Gasteiger partial charge in [0.1, 0.15) is 5.76 Å². The third-order valence-corrected chi connectivity index (χ3v) is 4.18. The molecule has 0 saturated heterocycles. The lowest BCUT2D eigenvalue weighted by atomic mass is 9.86. The number of fused-ring (bicyclic) bond motifs is 1. The summed E-state index contributed by atoms with van der Waals surface area (Å²) < 4.78 is 11.1. The van der Waals surface area contributed by atoms with Crippen molar-refractivity contribution in [1.82, 2.24) is 0 Å². The summed E-state index contributed by atoms with van der Waals surface area (Å²) in [5.74, 6) is 1.54. The minimum absolute atomic E-state index is 0.442. The number of rotatable bonds is 3. The van der Waals surface area contributed by atoms with E-state index in [1.807, 2.05) is 25.1 Å². The van der Waals surface area contributed by atoms with Crippen LogP contribution < -0.4 is 4.74 Å². The van der Waals surface area contributed by atoms with Crippen molar-refractivity contribution in [3.63, 3.8) is 0 Å². The highest BCUT2D eigenvalue weighted by Gasteiger charge is 2.37. The molecule has 2 aromatic rings. The van der Waals surface area contributed by atoms with Crippen LogP contribution >= 0.6 is 0 Å². The van der Waals surface area contributed by atoms with Crippen LogP contribution in [0.4, 0.5) is 0 Å². The van der Waals surface area contributed by atoms with Gasteiger partial charge in [0, 0.05) is 5.39 Å². The van der Waals surface area contributed by atoms with Crippen molar-refractivity contribution >= 4 is 17.0 Å². The Balaban J connectivity index is 2.28. The molecule has 20 heavy (non-hydrogen) atoms. The first-order valence-electron chi connectivity index (χ1n) is 6.87. The van der Waals surface area contributed by atoms with Gasteiger partial charge in [-0.15, -0.1) is 0 Å². The molecule has 0 amide bonds. The number of hydrogen-bond acceptors (Lipinski definition) is 4. The van der Waals surface area contributed by atoms with Gasteiger partial charge in [-0.25, -0.2) is 4.79 Å². The highest BCUT2D eigenvalue weighted by atomic mass is 16.5. The van der Waals surface area contributed by atoms with Crippen LogP contribution in [0.25, 0.3) is 11.0 Å². The smallest absolute Gasteiger partial charge is 0.235 e. The number of benzene rings is 1. The summed E-state index contributed by atoms with van der Waals surface area (Å²) in [5, 5.41) is 0.989. The van der Waals surface area contributed by atoms with E-state index in [-0.39, 0.29) is 0 Å². The SMILES string of the molecule is COc1ccc(C2(N=C=O)CCCC2)c2cc(C)oc12. The summed E-state index contributed by atoms with van der Waals surface area (Å²) in [4.78, 5) is 15.0. The van der Waals surface area contributed by atoms with Crippen LogP contribution in [0.1, 0.15) is 37.0 Å². The van der Waals surface area contributed by atoms with E-state index in [0.717, 1.165) is 48.0 Å². The third kappa shape index (κ3) is 1.84. The van der Waals surface area contributed by atoms with Crippen molar-refractivity contribution < 1.29 is 13.9 Å². The first-order chi connectivity index (χ1) is 9.70. The van der Waals surface area contributed by atoms with E-state index in [9.17, 15) is 4.79 Å². The molecule has 104 valence electrons. The van der Waals surface area contributed by atoms with Gasteiger partial charge in [0.15, 0.2) is 11.3 Å². The average molecular weight is 271 g/mol. The zero-order chi connectivity index (χ0) is 14.2. The summed E-state index contributed by atoms with van der Waals surface area (Å²) in [7, 11) is 1.63. The molecule has 4 heteroatoms. The van der Waals surface area contributed by atoms with Crippen molar-refractivity contribution in [2.45, 2.75) is 38.1 Å². The fraction of sp³-hybridized carbons (Fsp3) is 0.438. The lowest BCUT2D eigenvalue weighted by molar-refractivity contribution is 0.407. The quantitative estimate of drug-likeness (QED) is 0.629. The third-order valence-electron chi connectivity index (χ3n) is 4.18. The number of ether oxygens (including phenoxy) is 1. The maximum Gasteiger partial charge on any atom is 0.235 e. The van der Waals surface area contributed by atoms with Crippen LogP contribution in [-0.4, -0.2) is 13.2 Å². The minimum Gasteiger partial charge on any atom is -0.493 e. The van der Waals surface area contributed by atoms with E-state index in [1.165, 1.54) is 0 Å². The predicted molar refractivity (Wildman–Crippen MR) is 75.8 cm³/mol. The molecule has 1 aliphatic rings. The largest absolute Gasteiger partial charge is 0.493 e. The average Bonchev–Trinajstić information content (AvgIpc) is 3.04. The fourth-order valence-corrected chi connectivity index (χ4v) is 3.28. The summed E-state index contributed by atoms with van der Waals surface area (Å²) in [6.45, 7) is 1.91. The Bertz CT molecular complexity index is 689. The highest BCUT2D eigenvalue weighted by molar-refractivity contribution is 5.88. The molecule has 1 heterocycles. The topological polar surface area (TPSA) is 51.8 Å². The van der Waals surface area contributed by atoms with Crippen LogP contribution in [0, 0.1) is 6.92 Å². The predicted octanol–water partition coefficient (Wildman–Crippen LogP) is 3.85. The van der Waals surface area contributed by atoms with Crippen molar-refractivity contribution in [3.8, 4) is 5.75 Å². The van der Waals surface area contributed by atoms with Gasteiger partial charge in [-0.05, 0) is 37.5 Å². The molecule has 1 aliphatic carbocycles. The number of aryl methyl sites for hydroxylation is 1. The van der Waals surface area contributed by atoms with Gasteiger partial charge in [0.2, 0.25) is 6.08 Å². The molecular formula is C16H17NO3. The lowest BCUT2D eigenvalue weighted by Gasteiger charge is -2.23. The Morgan fingerprint density at radius 2 is 2.10 bits per heavy atom. The van der Waals surface area contributed by atoms with Crippen LogP contribution in [0.3, 0.4) is 0 Å². The zero-order valence-corrected chi connectivity index (χ0v) is 11.7. The summed E-state index contributed by atoms with van der Waals surface area (Å²) in [5.41, 5.74) is 1.34. The Morgan fingerprint density at radius 3 is 2.75 bits per heavy atom. The first-order valence-corrected chi connectivity index (χ1v) is 6.87. The monoisotopic (exact) mass is 271 g/mol. The molecule has 0 aliphatic heterocycles. The second kappa shape index (κ2) is 4.80. The molecule has 0 radical (unpaired) electrons. The van der Waals surface area contributed by atoms with Crippen LogP contribution in [0.5, 0.6) is 5.75 Å². The molecule has 0 spiro atoms. The first kappa shape index (κ1) is 12.9. The van der Waals surface area contributed by atoms with E-state index in [4.69, 9.17) is 9.15 Å². The second-order valence-electron chi connectivity index (χ2n) is 5.36. The molecule has 0 bridgehead atoms. The molecule has 4 nitrogen and oxygen atoms in total. The number of carbonyl (C=O) groups excluding carboxylic acids is 1. The Labute approximate surface area is 117 Å². The number of aliphatic imine (C=N–C) groups is 1. The van der Waals surface area contributed by atoms with Gasteiger partial charge in [-0.2, -0.15) is 4.99 Å². The number of isocyanates is 1.